The van der Waals surface area contributed by atoms with Gasteiger partial charge in [-0.05, 0) is 23.9 Å². The highest BCUT2D eigenvalue weighted by atomic mass is 32.4. The number of hydrogen-bond acceptors (Lipinski definition) is 1. The minimum Gasteiger partial charge on any atom is -0.329 e. The van der Waals surface area contributed by atoms with Crippen LogP contribution < -0.4 is 5.09 Å². The lowest BCUT2D eigenvalue weighted by atomic mass is 10.3. The van der Waals surface area contributed by atoms with Gasteiger partial charge in [-0.3, -0.25) is 0 Å². The molecule has 1 rings (SSSR count). The Morgan fingerprint density at radius 1 is 1.22 bits per heavy atom. The van der Waals surface area contributed by atoms with E-state index >= 15 is 0 Å². The highest BCUT2D eigenvalue weighted by Crippen LogP contribution is 2.08. The third kappa shape index (κ3) is 2.08. The number of rotatable bonds is 2. The number of anilines is 1. The average molecular weight is 155 g/mol. The summed E-state index contributed by atoms with van der Waals surface area (Å²) >= 11 is 4.70. The molecule has 0 saturated heterocycles. The van der Waals surface area contributed by atoms with Crippen LogP contribution >= 0.6 is 7.51 Å². The molecule has 0 aliphatic carbocycles. The lowest BCUT2D eigenvalue weighted by Gasteiger charge is -1.93. The Hall–Kier alpha value is -0.460. The molecule has 0 spiro atoms. The van der Waals surface area contributed by atoms with E-state index in [1.54, 1.807) is 0 Å². The van der Waals surface area contributed by atoms with Gasteiger partial charge in [-0.2, -0.15) is 0 Å². The summed E-state index contributed by atoms with van der Waals surface area (Å²) in [6, 6.07) is 9.90. The molecule has 0 aliphatic rings. The van der Waals surface area contributed by atoms with Gasteiger partial charge in [0.25, 0.3) is 0 Å². The molecule has 1 N–H and O–H groups in total. The molecule has 9 heavy (non-hydrogen) atoms. The highest BCUT2D eigenvalue weighted by Gasteiger charge is 1.81. The van der Waals surface area contributed by atoms with Gasteiger partial charge in [0.05, 0.1) is 7.51 Å². The molecule has 0 radical (unpaired) electrons. The largest absolute Gasteiger partial charge is 0.329 e. The summed E-state index contributed by atoms with van der Waals surface area (Å²) < 4.78 is 0. The first-order valence-corrected chi connectivity index (χ1v) is 4.47. The fraction of sp³-hybridized carbons (Fsp3) is 0. The van der Waals surface area contributed by atoms with Crippen molar-refractivity contribution in [2.75, 3.05) is 5.09 Å². The van der Waals surface area contributed by atoms with Crippen molar-refractivity contribution in [1.29, 1.82) is 0 Å². The van der Waals surface area contributed by atoms with Crippen molar-refractivity contribution < 1.29 is 0 Å². The van der Waals surface area contributed by atoms with Crippen molar-refractivity contribution in [3.05, 3.63) is 30.3 Å². The van der Waals surface area contributed by atoms with Crippen LogP contribution in [0.1, 0.15) is 0 Å². The third-order valence-corrected chi connectivity index (χ3v) is 1.57. The maximum Gasteiger partial charge on any atom is 0.0906 e. The molecular formula is C6H6NPS. The van der Waals surface area contributed by atoms with Crippen LogP contribution in [-0.4, -0.2) is 0 Å². The summed E-state index contributed by atoms with van der Waals surface area (Å²) in [7, 11) is 0.778. The molecule has 0 fully saturated rings. The van der Waals surface area contributed by atoms with E-state index in [4.69, 9.17) is 11.8 Å². The van der Waals surface area contributed by atoms with Gasteiger partial charge < -0.3 is 5.09 Å². The van der Waals surface area contributed by atoms with Gasteiger partial charge >= 0.3 is 0 Å². The number of benzene rings is 1. The first-order chi connectivity index (χ1) is 4.43. The fourth-order valence-electron chi connectivity index (χ4n) is 0.565. The Morgan fingerprint density at radius 3 is 2.44 bits per heavy atom. The van der Waals surface area contributed by atoms with Gasteiger partial charge in [0.1, 0.15) is 0 Å². The molecule has 1 nitrogen and oxygen atoms in total. The summed E-state index contributed by atoms with van der Waals surface area (Å²) in [4.78, 5) is 0. The summed E-state index contributed by atoms with van der Waals surface area (Å²) in [5.41, 5.74) is 1.08. The van der Waals surface area contributed by atoms with Crippen molar-refractivity contribution >= 4 is 25.0 Å². The predicted octanol–water partition coefficient (Wildman–Crippen LogP) is 2.42. The van der Waals surface area contributed by atoms with E-state index in [1.807, 2.05) is 30.3 Å². The summed E-state index contributed by atoms with van der Waals surface area (Å²) in [6.07, 6.45) is 0. The number of hydrogen-bond donors (Lipinski definition) is 1. The summed E-state index contributed by atoms with van der Waals surface area (Å²) in [5, 5.41) is 2.99. The zero-order chi connectivity index (χ0) is 6.53. The van der Waals surface area contributed by atoms with Gasteiger partial charge in [0.15, 0.2) is 0 Å². The predicted molar refractivity (Wildman–Crippen MR) is 44.3 cm³/mol. The lowest BCUT2D eigenvalue weighted by Crippen LogP contribution is -1.75. The second kappa shape index (κ2) is 3.54. The first-order valence-electron chi connectivity index (χ1n) is 2.57. The van der Waals surface area contributed by atoms with Crippen molar-refractivity contribution in [3.63, 3.8) is 0 Å². The molecule has 3 heteroatoms. The topological polar surface area (TPSA) is 12.0 Å². The van der Waals surface area contributed by atoms with Crippen LogP contribution in [0.5, 0.6) is 0 Å². The molecule has 0 amide bonds. The lowest BCUT2D eigenvalue weighted by molar-refractivity contribution is 1.69. The van der Waals surface area contributed by atoms with Crippen LogP contribution in [0, 0.1) is 0 Å². The van der Waals surface area contributed by atoms with Crippen molar-refractivity contribution in [3.8, 4) is 0 Å². The number of para-hydroxylation sites is 1. The highest BCUT2D eigenvalue weighted by molar-refractivity contribution is 7.97. The van der Waals surface area contributed by atoms with Crippen LogP contribution in [-0.2, 0) is 11.8 Å². The normalized spacial score (nSPS) is 9.33. The van der Waals surface area contributed by atoms with Crippen LogP contribution in [0.3, 0.4) is 0 Å². The zero-order valence-corrected chi connectivity index (χ0v) is 6.45. The molecular weight excluding hydrogens is 149 g/mol. The van der Waals surface area contributed by atoms with Gasteiger partial charge in [-0.1, -0.05) is 18.2 Å². The minimum atomic E-state index is 0.778. The molecule has 0 bridgehead atoms. The molecule has 0 aromatic heterocycles. The fourth-order valence-corrected chi connectivity index (χ4v) is 1.14. The number of nitrogens with one attached hydrogen (secondary N) is 1. The second-order valence-corrected chi connectivity index (χ2v) is 2.52. The minimum absolute atomic E-state index is 0.778. The van der Waals surface area contributed by atoms with Gasteiger partial charge in [-0.25, -0.2) is 0 Å². The van der Waals surface area contributed by atoms with Crippen LogP contribution in [0.4, 0.5) is 5.69 Å². The van der Waals surface area contributed by atoms with Crippen LogP contribution in [0.15, 0.2) is 30.3 Å². The van der Waals surface area contributed by atoms with Crippen molar-refractivity contribution in [2.24, 2.45) is 0 Å². The summed E-state index contributed by atoms with van der Waals surface area (Å²) in [5.74, 6) is 0. The van der Waals surface area contributed by atoms with E-state index < -0.39 is 0 Å². The Balaban J connectivity index is 2.72. The zero-order valence-electron chi connectivity index (χ0n) is 4.74. The van der Waals surface area contributed by atoms with Gasteiger partial charge in [0.2, 0.25) is 0 Å². The Morgan fingerprint density at radius 2 is 1.89 bits per heavy atom. The van der Waals surface area contributed by atoms with E-state index in [1.165, 1.54) is 0 Å². The molecule has 1 aromatic carbocycles. The van der Waals surface area contributed by atoms with Gasteiger partial charge in [0, 0.05) is 5.69 Å². The van der Waals surface area contributed by atoms with Crippen molar-refractivity contribution in [1.82, 2.24) is 0 Å². The molecule has 0 aliphatic heterocycles. The Kier molecular flexibility index (Phi) is 2.62. The first kappa shape index (κ1) is 6.66. The Bertz CT molecular complexity index is 188. The van der Waals surface area contributed by atoms with E-state index in [0.29, 0.717) is 0 Å². The van der Waals surface area contributed by atoms with Crippen molar-refractivity contribution in [2.45, 2.75) is 0 Å². The quantitative estimate of drug-likeness (QED) is 0.658. The molecule has 0 saturated carbocycles. The van der Waals surface area contributed by atoms with Crippen LogP contribution in [0.2, 0.25) is 0 Å². The SMILES string of the molecule is S=PNc1ccccc1. The van der Waals surface area contributed by atoms with E-state index in [0.717, 1.165) is 13.2 Å². The monoisotopic (exact) mass is 155 g/mol. The maximum atomic E-state index is 4.70. The molecule has 0 unspecified atom stereocenters. The van der Waals surface area contributed by atoms with E-state index in [2.05, 4.69) is 5.09 Å². The standard InChI is InChI=1S/C6H6NPS/c9-8-7-6-4-2-1-3-5-6/h1-5H,(H,7,9). The molecule has 0 atom stereocenters. The smallest absolute Gasteiger partial charge is 0.0906 e. The third-order valence-electron chi connectivity index (χ3n) is 0.949. The molecule has 0 heterocycles. The molecule has 1 aromatic rings. The molecule has 46 valence electrons. The maximum absolute atomic E-state index is 4.70. The van der Waals surface area contributed by atoms with E-state index in [-0.39, 0.29) is 0 Å². The second-order valence-electron chi connectivity index (χ2n) is 1.57. The van der Waals surface area contributed by atoms with E-state index in [9.17, 15) is 0 Å². The van der Waals surface area contributed by atoms with Crippen LogP contribution in [0.25, 0.3) is 0 Å². The summed E-state index contributed by atoms with van der Waals surface area (Å²) in [6.45, 7) is 0. The van der Waals surface area contributed by atoms with Gasteiger partial charge in [-0.15, -0.1) is 0 Å². The average Bonchev–Trinajstić information content (AvgIpc) is 1.91. The Labute approximate surface area is 61.0 Å².